The van der Waals surface area contributed by atoms with E-state index in [4.69, 9.17) is 0 Å². The molecule has 0 saturated heterocycles. The van der Waals surface area contributed by atoms with Crippen molar-refractivity contribution in [2.45, 2.75) is 38.4 Å². The first-order chi connectivity index (χ1) is 7.22. The van der Waals surface area contributed by atoms with Crippen LogP contribution in [-0.2, 0) is 6.42 Å². The Morgan fingerprint density at radius 2 is 2.13 bits per heavy atom. The molecule has 2 N–H and O–H groups in total. The smallest absolute Gasteiger partial charge is 0.0928 e. The van der Waals surface area contributed by atoms with E-state index in [1.165, 1.54) is 0 Å². The Bertz CT molecular complexity index is 302. The molecule has 4 unspecified atom stereocenters. The average Bonchev–Trinajstić information content (AvgIpc) is 2.82. The van der Waals surface area contributed by atoms with E-state index in [1.54, 1.807) is 17.5 Å². The Balaban J connectivity index is 1.99. The zero-order chi connectivity index (χ0) is 10.8. The fraction of sp³-hybridized carbons (Fsp3) is 0.727. The van der Waals surface area contributed by atoms with Crippen LogP contribution in [0.15, 0.2) is 11.6 Å². The van der Waals surface area contributed by atoms with E-state index >= 15 is 0 Å². The fourth-order valence-electron chi connectivity index (χ4n) is 2.42. The highest BCUT2D eigenvalue weighted by molar-refractivity contribution is 7.09. The van der Waals surface area contributed by atoms with Crippen LogP contribution in [0, 0.1) is 11.8 Å². The minimum atomic E-state index is -0.571. The molecule has 15 heavy (non-hydrogen) atoms. The first kappa shape index (κ1) is 11.0. The van der Waals surface area contributed by atoms with Crippen LogP contribution in [0.2, 0.25) is 0 Å². The van der Waals surface area contributed by atoms with Gasteiger partial charge in [-0.25, -0.2) is 4.98 Å². The van der Waals surface area contributed by atoms with Crippen LogP contribution in [-0.4, -0.2) is 27.4 Å². The van der Waals surface area contributed by atoms with E-state index in [2.05, 4.69) is 11.9 Å². The lowest BCUT2D eigenvalue weighted by Gasteiger charge is -2.15. The molecule has 0 radical (unpaired) electrons. The van der Waals surface area contributed by atoms with Crippen LogP contribution < -0.4 is 0 Å². The molecule has 1 aliphatic carbocycles. The first-order valence-corrected chi connectivity index (χ1v) is 6.34. The maximum Gasteiger partial charge on any atom is 0.0928 e. The van der Waals surface area contributed by atoms with Gasteiger partial charge in [-0.1, -0.05) is 13.3 Å². The summed E-state index contributed by atoms with van der Waals surface area (Å²) in [6.45, 7) is 2.06. The molecule has 0 aromatic carbocycles. The van der Waals surface area contributed by atoms with Crippen molar-refractivity contribution in [3.63, 3.8) is 0 Å². The van der Waals surface area contributed by atoms with Crippen molar-refractivity contribution in [1.29, 1.82) is 0 Å². The molecule has 4 heteroatoms. The highest BCUT2D eigenvalue weighted by atomic mass is 32.1. The van der Waals surface area contributed by atoms with E-state index in [-0.39, 0.29) is 11.8 Å². The van der Waals surface area contributed by atoms with Crippen LogP contribution in [0.3, 0.4) is 0 Å². The van der Waals surface area contributed by atoms with Gasteiger partial charge in [-0.15, -0.1) is 11.3 Å². The Labute approximate surface area is 93.8 Å². The number of hydrogen-bond acceptors (Lipinski definition) is 4. The molecule has 1 saturated carbocycles. The SMILES string of the molecule is CCC1CC(Cc2nccs2)C(O)C1O. The van der Waals surface area contributed by atoms with Crippen LogP contribution >= 0.6 is 11.3 Å². The number of aromatic nitrogens is 1. The summed E-state index contributed by atoms with van der Waals surface area (Å²) in [7, 11) is 0. The minimum Gasteiger partial charge on any atom is -0.390 e. The molecule has 0 amide bonds. The van der Waals surface area contributed by atoms with Crippen molar-refractivity contribution in [3.05, 3.63) is 16.6 Å². The van der Waals surface area contributed by atoms with Crippen molar-refractivity contribution < 1.29 is 10.2 Å². The molecule has 0 aliphatic heterocycles. The second-order valence-electron chi connectivity index (χ2n) is 4.28. The highest BCUT2D eigenvalue weighted by Crippen LogP contribution is 2.35. The second kappa shape index (κ2) is 4.60. The Morgan fingerprint density at radius 3 is 2.67 bits per heavy atom. The lowest BCUT2D eigenvalue weighted by Crippen LogP contribution is -2.28. The molecule has 1 fully saturated rings. The largest absolute Gasteiger partial charge is 0.390 e. The molecule has 1 aliphatic rings. The Kier molecular flexibility index (Phi) is 3.38. The predicted octanol–water partition coefficient (Wildman–Crippen LogP) is 1.45. The van der Waals surface area contributed by atoms with E-state index in [0.717, 1.165) is 24.3 Å². The van der Waals surface area contributed by atoms with Crippen molar-refractivity contribution in [2.75, 3.05) is 0 Å². The molecular weight excluding hydrogens is 210 g/mol. The quantitative estimate of drug-likeness (QED) is 0.822. The maximum atomic E-state index is 9.88. The topological polar surface area (TPSA) is 53.4 Å². The van der Waals surface area contributed by atoms with Gasteiger partial charge in [0.15, 0.2) is 0 Å². The minimum absolute atomic E-state index is 0.177. The normalized spacial score (nSPS) is 35.9. The van der Waals surface area contributed by atoms with Crippen LogP contribution in [0.25, 0.3) is 0 Å². The van der Waals surface area contributed by atoms with Gasteiger partial charge in [0, 0.05) is 18.0 Å². The van der Waals surface area contributed by atoms with Crippen molar-refractivity contribution in [3.8, 4) is 0 Å². The molecule has 0 bridgehead atoms. The Morgan fingerprint density at radius 1 is 1.40 bits per heavy atom. The summed E-state index contributed by atoms with van der Waals surface area (Å²) in [5.74, 6) is 0.432. The lowest BCUT2D eigenvalue weighted by molar-refractivity contribution is 0.00353. The van der Waals surface area contributed by atoms with E-state index in [0.29, 0.717) is 0 Å². The van der Waals surface area contributed by atoms with Gasteiger partial charge >= 0.3 is 0 Å². The number of aliphatic hydroxyl groups excluding tert-OH is 2. The van der Waals surface area contributed by atoms with Crippen LogP contribution in [0.5, 0.6) is 0 Å². The highest BCUT2D eigenvalue weighted by Gasteiger charge is 2.40. The van der Waals surface area contributed by atoms with Gasteiger partial charge in [0.25, 0.3) is 0 Å². The van der Waals surface area contributed by atoms with Gasteiger partial charge < -0.3 is 10.2 Å². The Hall–Kier alpha value is -0.450. The van der Waals surface area contributed by atoms with Gasteiger partial charge in [-0.3, -0.25) is 0 Å². The summed E-state index contributed by atoms with van der Waals surface area (Å²) in [6, 6.07) is 0. The molecular formula is C11H17NO2S. The standard InChI is InChI=1S/C11H17NO2S/c1-2-7-5-8(11(14)10(7)13)6-9-12-3-4-15-9/h3-4,7-8,10-11,13-14H,2,5-6H2,1H3. The third kappa shape index (κ3) is 2.22. The number of hydrogen-bond donors (Lipinski definition) is 2. The van der Waals surface area contributed by atoms with Crippen molar-refractivity contribution in [2.24, 2.45) is 11.8 Å². The van der Waals surface area contributed by atoms with Gasteiger partial charge in [0.2, 0.25) is 0 Å². The molecule has 0 spiro atoms. The zero-order valence-corrected chi connectivity index (χ0v) is 9.65. The molecule has 1 aromatic rings. The van der Waals surface area contributed by atoms with Gasteiger partial charge in [-0.2, -0.15) is 0 Å². The summed E-state index contributed by atoms with van der Waals surface area (Å²) in [6.07, 6.45) is 3.32. The van der Waals surface area contributed by atoms with Gasteiger partial charge in [-0.05, 0) is 18.3 Å². The van der Waals surface area contributed by atoms with Crippen LogP contribution in [0.1, 0.15) is 24.8 Å². The molecule has 1 heterocycles. The molecule has 84 valence electrons. The monoisotopic (exact) mass is 227 g/mol. The molecule has 4 atom stereocenters. The summed E-state index contributed by atoms with van der Waals surface area (Å²) in [4.78, 5) is 4.22. The molecule has 2 rings (SSSR count). The maximum absolute atomic E-state index is 9.88. The molecule has 3 nitrogen and oxygen atoms in total. The third-order valence-corrected chi connectivity index (χ3v) is 4.17. The van der Waals surface area contributed by atoms with E-state index in [1.807, 2.05) is 5.38 Å². The number of thiazole rings is 1. The summed E-state index contributed by atoms with van der Waals surface area (Å²) in [5, 5.41) is 22.7. The predicted molar refractivity (Wildman–Crippen MR) is 59.7 cm³/mol. The first-order valence-electron chi connectivity index (χ1n) is 5.47. The zero-order valence-electron chi connectivity index (χ0n) is 8.84. The van der Waals surface area contributed by atoms with E-state index < -0.39 is 12.2 Å². The number of nitrogens with zero attached hydrogens (tertiary/aromatic N) is 1. The van der Waals surface area contributed by atoms with Crippen molar-refractivity contribution >= 4 is 11.3 Å². The average molecular weight is 227 g/mol. The summed E-state index contributed by atoms with van der Waals surface area (Å²) in [5.41, 5.74) is 0. The number of rotatable bonds is 3. The second-order valence-corrected chi connectivity index (χ2v) is 5.25. The summed E-state index contributed by atoms with van der Waals surface area (Å²) >= 11 is 1.62. The van der Waals surface area contributed by atoms with Gasteiger partial charge in [0.05, 0.1) is 17.2 Å². The third-order valence-electron chi connectivity index (χ3n) is 3.37. The van der Waals surface area contributed by atoms with E-state index in [9.17, 15) is 10.2 Å². The summed E-state index contributed by atoms with van der Waals surface area (Å²) < 4.78 is 0. The molecule has 1 aromatic heterocycles. The van der Waals surface area contributed by atoms with Gasteiger partial charge in [0.1, 0.15) is 0 Å². The fourth-order valence-corrected chi connectivity index (χ4v) is 3.13. The number of aliphatic hydroxyl groups is 2. The van der Waals surface area contributed by atoms with Crippen LogP contribution in [0.4, 0.5) is 0 Å². The van der Waals surface area contributed by atoms with Crippen molar-refractivity contribution in [1.82, 2.24) is 4.98 Å². The lowest BCUT2D eigenvalue weighted by atomic mass is 10.00.